The Morgan fingerprint density at radius 1 is 0.902 bits per heavy atom. The molecule has 0 aliphatic rings. The minimum absolute atomic E-state index is 0.00325. The van der Waals surface area contributed by atoms with Crippen LogP contribution in [0.15, 0.2) is 78.9 Å². The van der Waals surface area contributed by atoms with E-state index in [9.17, 15) is 22.4 Å². The molecule has 1 N–H and O–H groups in total. The van der Waals surface area contributed by atoms with Gasteiger partial charge in [-0.15, -0.1) is 0 Å². The van der Waals surface area contributed by atoms with Crippen molar-refractivity contribution in [2.75, 3.05) is 23.7 Å². The zero-order chi connectivity index (χ0) is 30.2. The largest absolute Gasteiger partial charge is 0.354 e. The molecule has 3 aromatic carbocycles. The van der Waals surface area contributed by atoms with Gasteiger partial charge in [-0.05, 0) is 52.8 Å². The number of halogens is 1. The molecule has 2 amide bonds. The Morgan fingerprint density at radius 2 is 1.51 bits per heavy atom. The quantitative estimate of drug-likeness (QED) is 0.324. The van der Waals surface area contributed by atoms with Crippen molar-refractivity contribution in [1.82, 2.24) is 10.2 Å². The van der Waals surface area contributed by atoms with Crippen molar-refractivity contribution in [1.29, 1.82) is 0 Å². The highest BCUT2D eigenvalue weighted by molar-refractivity contribution is 7.92. The molecule has 1 atom stereocenters. The maximum Gasteiger partial charge on any atom is 0.244 e. The fourth-order valence-electron chi connectivity index (χ4n) is 4.45. The third kappa shape index (κ3) is 9.14. The van der Waals surface area contributed by atoms with E-state index >= 15 is 0 Å². The van der Waals surface area contributed by atoms with Gasteiger partial charge in [0.05, 0.1) is 11.9 Å². The summed E-state index contributed by atoms with van der Waals surface area (Å²) in [6.07, 6.45) is 1.99. The van der Waals surface area contributed by atoms with E-state index in [1.807, 2.05) is 49.4 Å². The zero-order valence-corrected chi connectivity index (χ0v) is 25.2. The van der Waals surface area contributed by atoms with Gasteiger partial charge in [0.25, 0.3) is 0 Å². The number of rotatable bonds is 12. The molecule has 0 spiro atoms. The molecule has 0 saturated heterocycles. The van der Waals surface area contributed by atoms with E-state index in [1.165, 1.54) is 17.0 Å². The molecule has 0 saturated carbocycles. The molecule has 0 bridgehead atoms. The van der Waals surface area contributed by atoms with E-state index in [0.717, 1.165) is 21.7 Å². The molecule has 3 rings (SSSR count). The van der Waals surface area contributed by atoms with Crippen LogP contribution in [0.5, 0.6) is 0 Å². The predicted octanol–water partition coefficient (Wildman–Crippen LogP) is 5.06. The van der Waals surface area contributed by atoms with Crippen LogP contribution in [0.4, 0.5) is 10.1 Å². The highest BCUT2D eigenvalue weighted by atomic mass is 32.2. The Labute approximate surface area is 243 Å². The Hall–Kier alpha value is -3.72. The van der Waals surface area contributed by atoms with Crippen molar-refractivity contribution in [3.63, 3.8) is 0 Å². The van der Waals surface area contributed by atoms with Crippen LogP contribution in [-0.4, -0.2) is 50.5 Å². The molecule has 220 valence electrons. The Morgan fingerprint density at radius 3 is 2.05 bits per heavy atom. The Balaban J connectivity index is 2.03. The SMILES string of the molecule is CCCNC(=O)[C@@H](Cc1ccccc1)N(Cc1ccc(F)cc1)C(=O)CN(c1ccc(C(C)(C)C)cc1)S(C)(=O)=O. The van der Waals surface area contributed by atoms with Crippen LogP contribution in [0.1, 0.15) is 50.8 Å². The van der Waals surface area contributed by atoms with Crippen LogP contribution >= 0.6 is 0 Å². The lowest BCUT2D eigenvalue weighted by Gasteiger charge is -2.33. The molecule has 0 fully saturated rings. The molecule has 41 heavy (non-hydrogen) atoms. The number of nitrogens with one attached hydrogen (secondary N) is 1. The lowest BCUT2D eigenvalue weighted by atomic mass is 9.87. The summed E-state index contributed by atoms with van der Waals surface area (Å²) in [6.45, 7) is 8.04. The minimum Gasteiger partial charge on any atom is -0.354 e. The van der Waals surface area contributed by atoms with E-state index < -0.39 is 34.3 Å². The Bertz CT molecular complexity index is 1400. The van der Waals surface area contributed by atoms with Gasteiger partial charge in [0.15, 0.2) is 0 Å². The first-order chi connectivity index (χ1) is 19.3. The molecule has 0 aliphatic carbocycles. The summed E-state index contributed by atoms with van der Waals surface area (Å²) in [6, 6.07) is 21.2. The van der Waals surface area contributed by atoms with Gasteiger partial charge in [-0.25, -0.2) is 12.8 Å². The standard InChI is InChI=1S/C32H40FN3O4S/c1-6-20-34-31(38)29(21-24-10-8-7-9-11-24)35(22-25-12-16-27(33)17-13-25)30(37)23-36(41(5,39)40)28-18-14-26(15-19-28)32(2,3)4/h7-19,29H,6,20-23H2,1-5H3,(H,34,38)/t29-/m1/s1. The molecule has 0 radical (unpaired) electrons. The fraction of sp³-hybridized carbons (Fsp3) is 0.375. The lowest BCUT2D eigenvalue weighted by molar-refractivity contribution is -0.140. The number of carbonyl (C=O) groups is 2. The van der Waals surface area contributed by atoms with Crippen molar-refractivity contribution in [2.24, 2.45) is 0 Å². The van der Waals surface area contributed by atoms with E-state index in [0.29, 0.717) is 24.2 Å². The number of hydrogen-bond donors (Lipinski definition) is 1. The second kappa shape index (κ2) is 13.8. The van der Waals surface area contributed by atoms with E-state index in [1.54, 1.807) is 24.3 Å². The summed E-state index contributed by atoms with van der Waals surface area (Å²) in [5.74, 6) is -1.31. The first-order valence-corrected chi connectivity index (χ1v) is 15.6. The maximum atomic E-state index is 14.0. The number of amides is 2. The smallest absolute Gasteiger partial charge is 0.244 e. The molecule has 7 nitrogen and oxygen atoms in total. The van der Waals surface area contributed by atoms with E-state index in [2.05, 4.69) is 26.1 Å². The van der Waals surface area contributed by atoms with Crippen LogP contribution < -0.4 is 9.62 Å². The number of hydrogen-bond acceptors (Lipinski definition) is 4. The van der Waals surface area contributed by atoms with Gasteiger partial charge < -0.3 is 10.2 Å². The fourth-order valence-corrected chi connectivity index (χ4v) is 5.30. The lowest BCUT2D eigenvalue weighted by Crippen LogP contribution is -2.53. The zero-order valence-electron chi connectivity index (χ0n) is 24.4. The van der Waals surface area contributed by atoms with Crippen LogP contribution in [0, 0.1) is 5.82 Å². The third-order valence-corrected chi connectivity index (χ3v) is 7.93. The first kappa shape index (κ1) is 31.8. The Kier molecular flexibility index (Phi) is 10.7. The van der Waals surface area contributed by atoms with Gasteiger partial charge in [0, 0.05) is 19.5 Å². The predicted molar refractivity (Wildman–Crippen MR) is 162 cm³/mol. The highest BCUT2D eigenvalue weighted by Crippen LogP contribution is 2.26. The van der Waals surface area contributed by atoms with Crippen LogP contribution in [0.25, 0.3) is 0 Å². The van der Waals surface area contributed by atoms with Crippen molar-refractivity contribution >= 4 is 27.5 Å². The van der Waals surface area contributed by atoms with Crippen molar-refractivity contribution in [3.05, 3.63) is 101 Å². The molecule has 0 aromatic heterocycles. The summed E-state index contributed by atoms with van der Waals surface area (Å²) >= 11 is 0. The van der Waals surface area contributed by atoms with Gasteiger partial charge in [-0.2, -0.15) is 0 Å². The van der Waals surface area contributed by atoms with Gasteiger partial charge >= 0.3 is 0 Å². The number of carbonyl (C=O) groups excluding carboxylic acids is 2. The molecule has 0 aliphatic heterocycles. The maximum absolute atomic E-state index is 14.0. The molecular formula is C32H40FN3O4S. The summed E-state index contributed by atoms with van der Waals surface area (Å²) in [7, 11) is -3.86. The van der Waals surface area contributed by atoms with E-state index in [4.69, 9.17) is 0 Å². The highest BCUT2D eigenvalue weighted by Gasteiger charge is 2.33. The molecular weight excluding hydrogens is 541 g/mol. The van der Waals surface area contributed by atoms with Crippen molar-refractivity contribution in [3.8, 4) is 0 Å². The first-order valence-electron chi connectivity index (χ1n) is 13.7. The summed E-state index contributed by atoms with van der Waals surface area (Å²) in [5.41, 5.74) is 2.70. The summed E-state index contributed by atoms with van der Waals surface area (Å²) < 4.78 is 40.6. The minimum atomic E-state index is -3.86. The third-order valence-electron chi connectivity index (χ3n) is 6.79. The number of anilines is 1. The topological polar surface area (TPSA) is 86.8 Å². The van der Waals surface area contributed by atoms with Gasteiger partial charge in [-0.3, -0.25) is 13.9 Å². The van der Waals surface area contributed by atoms with Crippen LogP contribution in [0.3, 0.4) is 0 Å². The number of nitrogens with zero attached hydrogens (tertiary/aromatic N) is 2. The van der Waals surface area contributed by atoms with Gasteiger partial charge in [0.2, 0.25) is 21.8 Å². The van der Waals surface area contributed by atoms with Crippen LogP contribution in [-0.2, 0) is 38.0 Å². The van der Waals surface area contributed by atoms with E-state index in [-0.39, 0.29) is 24.3 Å². The molecule has 0 unspecified atom stereocenters. The summed E-state index contributed by atoms with van der Waals surface area (Å²) in [4.78, 5) is 28.9. The van der Waals surface area contributed by atoms with Crippen LogP contribution in [0.2, 0.25) is 0 Å². The summed E-state index contributed by atoms with van der Waals surface area (Å²) in [5, 5.41) is 2.89. The number of sulfonamides is 1. The second-order valence-electron chi connectivity index (χ2n) is 11.2. The van der Waals surface area contributed by atoms with Crippen molar-refractivity contribution in [2.45, 2.75) is 58.5 Å². The van der Waals surface area contributed by atoms with Gasteiger partial charge in [0.1, 0.15) is 18.4 Å². The normalized spacial score (nSPS) is 12.4. The average Bonchev–Trinajstić information content (AvgIpc) is 2.92. The second-order valence-corrected chi connectivity index (χ2v) is 13.1. The average molecular weight is 582 g/mol. The molecule has 0 heterocycles. The molecule has 9 heteroatoms. The number of benzene rings is 3. The van der Waals surface area contributed by atoms with Crippen molar-refractivity contribution < 1.29 is 22.4 Å². The van der Waals surface area contributed by atoms with Gasteiger partial charge in [-0.1, -0.05) is 82.3 Å². The molecule has 3 aromatic rings. The monoisotopic (exact) mass is 581 g/mol.